The Hall–Kier alpha value is -1.36. The Morgan fingerprint density at radius 2 is 1.91 bits per heavy atom. The fourth-order valence-electron chi connectivity index (χ4n) is 2.74. The third kappa shape index (κ3) is 5.06. The number of carbonyl (C=O) groups is 2. The van der Waals surface area contributed by atoms with Crippen LogP contribution in [-0.4, -0.2) is 35.8 Å². The van der Waals surface area contributed by atoms with Gasteiger partial charge in [-0.05, 0) is 44.7 Å². The maximum absolute atomic E-state index is 12.4. The first kappa shape index (κ1) is 18.0. The maximum atomic E-state index is 12.4. The topological polar surface area (TPSA) is 49.4 Å². The van der Waals surface area contributed by atoms with E-state index in [1.807, 2.05) is 17.9 Å². The van der Waals surface area contributed by atoms with Gasteiger partial charge in [-0.15, -0.1) is 11.3 Å². The minimum absolute atomic E-state index is 0.0456. The fraction of sp³-hybridized carbons (Fsp3) is 0.667. The number of carbonyl (C=O) groups excluding carboxylic acids is 2. The normalized spacial score (nSPS) is 17.3. The van der Waals surface area contributed by atoms with Gasteiger partial charge in [-0.3, -0.25) is 9.59 Å². The Morgan fingerprint density at radius 1 is 1.26 bits per heavy atom. The number of nitrogens with one attached hydrogen (secondary N) is 1. The molecule has 2 amide bonds. The Labute approximate surface area is 143 Å². The number of rotatable bonds is 5. The van der Waals surface area contributed by atoms with Gasteiger partial charge in [-0.25, -0.2) is 0 Å². The summed E-state index contributed by atoms with van der Waals surface area (Å²) in [5.41, 5.74) is 0. The molecule has 1 saturated heterocycles. The number of aryl methyl sites for hydroxylation is 1. The van der Waals surface area contributed by atoms with E-state index in [1.165, 1.54) is 4.88 Å². The molecular formula is C18H28N2O2S. The van der Waals surface area contributed by atoms with Crippen molar-refractivity contribution in [3.05, 3.63) is 21.9 Å². The molecule has 0 unspecified atom stereocenters. The van der Waals surface area contributed by atoms with Gasteiger partial charge >= 0.3 is 0 Å². The van der Waals surface area contributed by atoms with Crippen molar-refractivity contribution in [3.8, 4) is 0 Å². The predicted molar refractivity (Wildman–Crippen MR) is 94.5 cm³/mol. The molecule has 4 nitrogen and oxygen atoms in total. The monoisotopic (exact) mass is 336 g/mol. The van der Waals surface area contributed by atoms with Gasteiger partial charge in [-0.2, -0.15) is 0 Å². The number of amides is 2. The Morgan fingerprint density at radius 3 is 2.43 bits per heavy atom. The molecule has 1 aromatic heterocycles. The van der Waals surface area contributed by atoms with Crippen LogP contribution >= 0.6 is 11.3 Å². The van der Waals surface area contributed by atoms with Gasteiger partial charge in [0, 0.05) is 34.8 Å². The second-order valence-electron chi connectivity index (χ2n) is 6.89. The molecule has 23 heavy (non-hydrogen) atoms. The van der Waals surface area contributed by atoms with Crippen LogP contribution in [0.4, 0.5) is 0 Å². The third-order valence-electron chi connectivity index (χ3n) is 4.71. The van der Waals surface area contributed by atoms with E-state index in [9.17, 15) is 9.59 Å². The van der Waals surface area contributed by atoms with Crippen molar-refractivity contribution in [2.24, 2.45) is 11.8 Å². The summed E-state index contributed by atoms with van der Waals surface area (Å²) < 4.78 is 0. The molecule has 2 rings (SSSR count). The van der Waals surface area contributed by atoms with Gasteiger partial charge in [0.15, 0.2) is 0 Å². The number of hydrogen-bond donors (Lipinski definition) is 1. The van der Waals surface area contributed by atoms with Crippen LogP contribution in [0.1, 0.15) is 43.4 Å². The van der Waals surface area contributed by atoms with Crippen molar-refractivity contribution < 1.29 is 9.59 Å². The highest BCUT2D eigenvalue weighted by atomic mass is 32.1. The Balaban J connectivity index is 1.79. The summed E-state index contributed by atoms with van der Waals surface area (Å²) >= 11 is 1.68. The highest BCUT2D eigenvalue weighted by Crippen LogP contribution is 2.21. The van der Waals surface area contributed by atoms with Crippen molar-refractivity contribution in [2.75, 3.05) is 13.1 Å². The van der Waals surface area contributed by atoms with Gasteiger partial charge in [0.1, 0.15) is 0 Å². The van der Waals surface area contributed by atoms with Gasteiger partial charge in [-0.1, -0.05) is 13.8 Å². The average Bonchev–Trinajstić information content (AvgIpc) is 2.92. The third-order valence-corrected chi connectivity index (χ3v) is 5.71. The molecule has 5 heteroatoms. The summed E-state index contributed by atoms with van der Waals surface area (Å²) in [5.74, 6) is 0.813. The molecule has 1 N–H and O–H groups in total. The van der Waals surface area contributed by atoms with Crippen LogP contribution in [0.5, 0.6) is 0 Å². The first-order valence-electron chi connectivity index (χ1n) is 8.50. The summed E-state index contributed by atoms with van der Waals surface area (Å²) in [5, 5.41) is 3.09. The minimum Gasteiger partial charge on any atom is -0.353 e. The predicted octanol–water partition coefficient (Wildman–Crippen LogP) is 3.00. The molecule has 1 aliphatic rings. The molecule has 128 valence electrons. The molecule has 0 radical (unpaired) electrons. The second-order valence-corrected chi connectivity index (χ2v) is 8.26. The van der Waals surface area contributed by atoms with E-state index in [0.29, 0.717) is 25.4 Å². The van der Waals surface area contributed by atoms with E-state index in [-0.39, 0.29) is 23.8 Å². The van der Waals surface area contributed by atoms with E-state index >= 15 is 0 Å². The van der Waals surface area contributed by atoms with Crippen molar-refractivity contribution in [1.29, 1.82) is 0 Å². The summed E-state index contributed by atoms with van der Waals surface area (Å²) in [4.78, 5) is 28.9. The lowest BCUT2D eigenvalue weighted by Gasteiger charge is -2.32. The van der Waals surface area contributed by atoms with Crippen LogP contribution in [0, 0.1) is 18.8 Å². The van der Waals surface area contributed by atoms with Crippen LogP contribution < -0.4 is 5.32 Å². The fourth-order valence-corrected chi connectivity index (χ4v) is 3.62. The van der Waals surface area contributed by atoms with Crippen molar-refractivity contribution in [2.45, 2.75) is 53.0 Å². The van der Waals surface area contributed by atoms with Crippen LogP contribution in [0.3, 0.4) is 0 Å². The summed E-state index contributed by atoms with van der Waals surface area (Å²) in [6.07, 6.45) is 2.03. The smallest absolute Gasteiger partial charge is 0.227 e. The van der Waals surface area contributed by atoms with E-state index in [2.05, 4.69) is 32.2 Å². The van der Waals surface area contributed by atoms with E-state index < -0.39 is 0 Å². The molecule has 1 aromatic rings. The van der Waals surface area contributed by atoms with Crippen LogP contribution in [-0.2, 0) is 16.0 Å². The van der Waals surface area contributed by atoms with Gasteiger partial charge < -0.3 is 10.2 Å². The number of thiophene rings is 1. The zero-order valence-electron chi connectivity index (χ0n) is 14.6. The zero-order valence-corrected chi connectivity index (χ0v) is 15.4. The van der Waals surface area contributed by atoms with Crippen LogP contribution in [0.2, 0.25) is 0 Å². The highest BCUT2D eigenvalue weighted by molar-refractivity contribution is 7.12. The van der Waals surface area contributed by atoms with Crippen molar-refractivity contribution in [1.82, 2.24) is 10.2 Å². The maximum Gasteiger partial charge on any atom is 0.227 e. The standard InChI is InChI=1S/C18H28N2O2S/c1-12(2)14(4)19-18(22)15-7-9-20(10-8-15)17(21)11-16-6-5-13(3)23-16/h5-6,12,14-15H,7-11H2,1-4H3,(H,19,22)/t14-/m1/s1. The van der Waals surface area contributed by atoms with E-state index in [4.69, 9.17) is 0 Å². The molecule has 0 aromatic carbocycles. The first-order chi connectivity index (χ1) is 10.9. The summed E-state index contributed by atoms with van der Waals surface area (Å²) in [6, 6.07) is 4.29. The second kappa shape index (κ2) is 7.95. The minimum atomic E-state index is 0.0456. The van der Waals surface area contributed by atoms with E-state index in [0.717, 1.165) is 17.7 Å². The number of piperidine rings is 1. The van der Waals surface area contributed by atoms with Gasteiger partial charge in [0.2, 0.25) is 11.8 Å². The lowest BCUT2D eigenvalue weighted by atomic mass is 9.94. The highest BCUT2D eigenvalue weighted by Gasteiger charge is 2.28. The molecule has 1 fully saturated rings. The summed E-state index contributed by atoms with van der Waals surface area (Å²) in [6.45, 7) is 9.71. The SMILES string of the molecule is Cc1ccc(CC(=O)N2CCC(C(=O)N[C@H](C)C(C)C)CC2)s1. The molecule has 0 saturated carbocycles. The van der Waals surface area contributed by atoms with Crippen LogP contribution in [0.25, 0.3) is 0 Å². The molecule has 2 heterocycles. The molecule has 1 aliphatic heterocycles. The Kier molecular flexibility index (Phi) is 6.22. The zero-order chi connectivity index (χ0) is 17.0. The van der Waals surface area contributed by atoms with Crippen LogP contribution in [0.15, 0.2) is 12.1 Å². The molecular weight excluding hydrogens is 308 g/mol. The van der Waals surface area contributed by atoms with Gasteiger partial charge in [0.05, 0.1) is 6.42 Å². The average molecular weight is 337 g/mol. The molecule has 0 bridgehead atoms. The first-order valence-corrected chi connectivity index (χ1v) is 9.32. The number of likely N-dealkylation sites (tertiary alicyclic amines) is 1. The lowest BCUT2D eigenvalue weighted by molar-refractivity contribution is -0.135. The Bertz CT molecular complexity index is 545. The molecule has 1 atom stereocenters. The lowest BCUT2D eigenvalue weighted by Crippen LogP contribution is -2.46. The molecule has 0 spiro atoms. The van der Waals surface area contributed by atoms with Gasteiger partial charge in [0.25, 0.3) is 0 Å². The summed E-state index contributed by atoms with van der Waals surface area (Å²) in [7, 11) is 0. The quantitative estimate of drug-likeness (QED) is 0.898. The number of hydrogen-bond acceptors (Lipinski definition) is 3. The molecule has 0 aliphatic carbocycles. The van der Waals surface area contributed by atoms with Crippen molar-refractivity contribution in [3.63, 3.8) is 0 Å². The van der Waals surface area contributed by atoms with Crippen molar-refractivity contribution >= 4 is 23.2 Å². The largest absolute Gasteiger partial charge is 0.353 e. The van der Waals surface area contributed by atoms with E-state index in [1.54, 1.807) is 11.3 Å². The number of nitrogens with zero attached hydrogens (tertiary/aromatic N) is 1.